The Morgan fingerprint density at radius 1 is 1.21 bits per heavy atom. The lowest BCUT2D eigenvalue weighted by Gasteiger charge is -2.20. The average molecular weight is 521 g/mol. The smallest absolute Gasteiger partial charge is 0.319 e. The third-order valence-electron chi connectivity index (χ3n) is 4.31. The Balaban J connectivity index is 0.00000420. The van der Waals surface area contributed by atoms with E-state index in [4.69, 9.17) is 0 Å². The lowest BCUT2D eigenvalue weighted by atomic mass is 9.86. The molecule has 0 saturated carbocycles. The van der Waals surface area contributed by atoms with Crippen LogP contribution in [0.25, 0.3) is 0 Å². The Bertz CT molecular complexity index is 772. The van der Waals surface area contributed by atoms with Gasteiger partial charge in [0.05, 0.1) is 6.10 Å². The number of nitrogens with one attached hydrogen (secondary N) is 2. The Morgan fingerprint density at radius 3 is 2.41 bits per heavy atom. The number of rotatable bonds is 7. The highest BCUT2D eigenvalue weighted by Crippen LogP contribution is 2.23. The van der Waals surface area contributed by atoms with Crippen LogP contribution >= 0.6 is 24.0 Å². The van der Waals surface area contributed by atoms with E-state index in [2.05, 4.69) is 41.4 Å². The van der Waals surface area contributed by atoms with Gasteiger partial charge in [-0.3, -0.25) is 4.57 Å². The number of imidazole rings is 1. The summed E-state index contributed by atoms with van der Waals surface area (Å²) in [5, 5.41) is 16.5. The number of hydrogen-bond acceptors (Lipinski definition) is 3. The SMILES string of the molecule is CCNC(=NCc1nccn1C(F)F)NCC(O)c1ccc(C(C)(C)C)cc1.I. The molecule has 1 aromatic heterocycles. The molecule has 0 amide bonds. The van der Waals surface area contributed by atoms with Gasteiger partial charge in [0.2, 0.25) is 0 Å². The number of nitrogens with zero attached hydrogens (tertiary/aromatic N) is 3. The maximum Gasteiger partial charge on any atom is 0.319 e. The molecule has 0 aliphatic carbocycles. The van der Waals surface area contributed by atoms with Crippen molar-refractivity contribution < 1.29 is 13.9 Å². The van der Waals surface area contributed by atoms with E-state index in [-0.39, 0.29) is 48.3 Å². The van der Waals surface area contributed by atoms with E-state index in [0.717, 1.165) is 10.1 Å². The van der Waals surface area contributed by atoms with Crippen molar-refractivity contribution in [3.63, 3.8) is 0 Å². The lowest BCUT2D eigenvalue weighted by molar-refractivity contribution is 0.0671. The van der Waals surface area contributed by atoms with Crippen LogP contribution in [-0.2, 0) is 12.0 Å². The number of aromatic nitrogens is 2. The van der Waals surface area contributed by atoms with E-state index in [9.17, 15) is 13.9 Å². The number of halogens is 3. The first-order valence-electron chi connectivity index (χ1n) is 9.33. The van der Waals surface area contributed by atoms with Gasteiger partial charge in [0.1, 0.15) is 12.4 Å². The minimum Gasteiger partial charge on any atom is -0.387 e. The van der Waals surface area contributed by atoms with E-state index in [0.29, 0.717) is 12.5 Å². The van der Waals surface area contributed by atoms with Gasteiger partial charge in [-0.2, -0.15) is 8.78 Å². The number of hydrogen-bond donors (Lipinski definition) is 3. The highest BCUT2D eigenvalue weighted by molar-refractivity contribution is 14.0. The van der Waals surface area contributed by atoms with E-state index in [1.165, 1.54) is 18.0 Å². The van der Waals surface area contributed by atoms with Crippen LogP contribution in [0.1, 0.15) is 57.3 Å². The zero-order chi connectivity index (χ0) is 20.7. The Morgan fingerprint density at radius 2 is 1.86 bits per heavy atom. The minimum absolute atomic E-state index is 0. The van der Waals surface area contributed by atoms with Crippen LogP contribution in [0.5, 0.6) is 0 Å². The molecule has 1 atom stereocenters. The molecule has 3 N–H and O–H groups in total. The minimum atomic E-state index is -2.65. The maximum atomic E-state index is 12.9. The summed E-state index contributed by atoms with van der Waals surface area (Å²) < 4.78 is 26.6. The van der Waals surface area contributed by atoms with Gasteiger partial charge in [-0.05, 0) is 23.5 Å². The maximum absolute atomic E-state index is 12.9. The molecular weight excluding hydrogens is 491 g/mol. The van der Waals surface area contributed by atoms with Crippen molar-refractivity contribution in [1.29, 1.82) is 0 Å². The molecule has 2 rings (SSSR count). The molecule has 1 unspecified atom stereocenters. The molecule has 162 valence electrons. The zero-order valence-corrected chi connectivity index (χ0v) is 19.5. The Kier molecular flexibility index (Phi) is 9.97. The van der Waals surface area contributed by atoms with Gasteiger partial charge >= 0.3 is 6.55 Å². The summed E-state index contributed by atoms with van der Waals surface area (Å²) in [4.78, 5) is 8.19. The molecule has 0 radical (unpaired) electrons. The molecule has 1 heterocycles. The van der Waals surface area contributed by atoms with Crippen LogP contribution in [-0.4, -0.2) is 33.7 Å². The summed E-state index contributed by atoms with van der Waals surface area (Å²) in [6, 6.07) is 7.86. The number of aliphatic hydroxyl groups is 1. The first-order valence-corrected chi connectivity index (χ1v) is 9.33. The second kappa shape index (κ2) is 11.4. The average Bonchev–Trinajstić information content (AvgIpc) is 3.12. The van der Waals surface area contributed by atoms with Crippen molar-refractivity contribution in [2.45, 2.75) is 52.3 Å². The lowest BCUT2D eigenvalue weighted by Crippen LogP contribution is -2.39. The Labute approximate surface area is 187 Å². The number of benzene rings is 1. The number of alkyl halides is 2. The first kappa shape index (κ1) is 25.3. The summed E-state index contributed by atoms with van der Waals surface area (Å²) in [5.74, 6) is 0.599. The zero-order valence-electron chi connectivity index (χ0n) is 17.2. The largest absolute Gasteiger partial charge is 0.387 e. The fourth-order valence-corrected chi connectivity index (χ4v) is 2.65. The molecule has 0 aliphatic rings. The van der Waals surface area contributed by atoms with Crippen molar-refractivity contribution in [2.24, 2.45) is 4.99 Å². The second-order valence-electron chi connectivity index (χ2n) is 7.49. The first-order chi connectivity index (χ1) is 13.2. The van der Waals surface area contributed by atoms with Crippen molar-refractivity contribution in [3.8, 4) is 0 Å². The molecule has 9 heteroatoms. The van der Waals surface area contributed by atoms with Crippen molar-refractivity contribution >= 4 is 29.9 Å². The summed E-state index contributed by atoms with van der Waals surface area (Å²) in [6.07, 6.45) is 1.82. The van der Waals surface area contributed by atoms with E-state index in [1.54, 1.807) is 0 Å². The fraction of sp³-hybridized carbons (Fsp3) is 0.500. The van der Waals surface area contributed by atoms with E-state index in [1.807, 2.05) is 31.2 Å². The van der Waals surface area contributed by atoms with E-state index >= 15 is 0 Å². The van der Waals surface area contributed by atoms with Crippen molar-refractivity contribution in [3.05, 3.63) is 53.6 Å². The summed E-state index contributed by atoms with van der Waals surface area (Å²) in [7, 11) is 0. The van der Waals surface area contributed by atoms with Gasteiger partial charge in [-0.15, -0.1) is 24.0 Å². The second-order valence-corrected chi connectivity index (χ2v) is 7.49. The predicted octanol–water partition coefficient (Wildman–Crippen LogP) is 3.98. The van der Waals surface area contributed by atoms with Crippen LogP contribution in [0.2, 0.25) is 0 Å². The number of aliphatic hydroxyl groups excluding tert-OH is 1. The third-order valence-corrected chi connectivity index (χ3v) is 4.31. The molecule has 0 fully saturated rings. The molecule has 0 spiro atoms. The van der Waals surface area contributed by atoms with Crippen LogP contribution < -0.4 is 10.6 Å². The standard InChI is InChI=1S/C20H29F2N5O.HI/c1-5-23-19(26-13-17-24-10-11-27(17)18(21)22)25-12-16(28)14-6-8-15(9-7-14)20(2,3)4;/h6-11,16,18,28H,5,12-13H2,1-4H3,(H2,23,25,26);1H. The van der Waals surface area contributed by atoms with Gasteiger partial charge in [0.25, 0.3) is 0 Å². The fourth-order valence-electron chi connectivity index (χ4n) is 2.65. The number of guanidine groups is 1. The van der Waals surface area contributed by atoms with Gasteiger partial charge < -0.3 is 15.7 Å². The van der Waals surface area contributed by atoms with Crippen molar-refractivity contribution in [2.75, 3.05) is 13.1 Å². The molecule has 2 aromatic rings. The van der Waals surface area contributed by atoms with Crippen LogP contribution in [0.3, 0.4) is 0 Å². The predicted molar refractivity (Wildman–Crippen MR) is 122 cm³/mol. The van der Waals surface area contributed by atoms with Gasteiger partial charge in [-0.1, -0.05) is 45.0 Å². The van der Waals surface area contributed by atoms with Gasteiger partial charge in [0.15, 0.2) is 5.96 Å². The van der Waals surface area contributed by atoms with Crippen molar-refractivity contribution in [1.82, 2.24) is 20.2 Å². The monoisotopic (exact) mass is 521 g/mol. The molecule has 0 bridgehead atoms. The third kappa shape index (κ3) is 7.54. The highest BCUT2D eigenvalue weighted by atomic mass is 127. The highest BCUT2D eigenvalue weighted by Gasteiger charge is 2.15. The molecule has 29 heavy (non-hydrogen) atoms. The quantitative estimate of drug-likeness (QED) is 0.293. The molecular formula is C20H30F2IN5O. The van der Waals surface area contributed by atoms with Crippen LogP contribution in [0, 0.1) is 0 Å². The molecule has 1 aromatic carbocycles. The molecule has 0 aliphatic heterocycles. The van der Waals surface area contributed by atoms with Crippen LogP contribution in [0.4, 0.5) is 8.78 Å². The van der Waals surface area contributed by atoms with Crippen LogP contribution in [0.15, 0.2) is 41.7 Å². The normalized spacial score (nSPS) is 13.2. The number of aliphatic imine (C=N–C) groups is 1. The summed E-state index contributed by atoms with van der Waals surface area (Å²) in [5.41, 5.74) is 2.04. The molecule has 6 nitrogen and oxygen atoms in total. The summed E-state index contributed by atoms with van der Waals surface area (Å²) in [6.45, 7) is 6.51. The molecule has 0 saturated heterocycles. The topological polar surface area (TPSA) is 74.5 Å². The Hall–Kier alpha value is -1.75. The van der Waals surface area contributed by atoms with E-state index < -0.39 is 12.7 Å². The van der Waals surface area contributed by atoms with Gasteiger partial charge in [-0.25, -0.2) is 9.98 Å². The summed E-state index contributed by atoms with van der Waals surface area (Å²) >= 11 is 0. The van der Waals surface area contributed by atoms with Gasteiger partial charge in [0, 0.05) is 25.5 Å².